The van der Waals surface area contributed by atoms with E-state index in [4.69, 9.17) is 14.0 Å². The van der Waals surface area contributed by atoms with Gasteiger partial charge >= 0.3 is 5.91 Å². The van der Waals surface area contributed by atoms with Crippen molar-refractivity contribution in [1.82, 2.24) is 10.1 Å². The van der Waals surface area contributed by atoms with Crippen LogP contribution in [0.25, 0.3) is 5.76 Å². The van der Waals surface area contributed by atoms with E-state index < -0.39 is 17.7 Å². The topological polar surface area (TPSA) is 118 Å². The number of para-hydroxylation sites is 1. The molecule has 32 heavy (non-hydrogen) atoms. The lowest BCUT2D eigenvalue weighted by atomic mass is 9.93. The second kappa shape index (κ2) is 7.92. The van der Waals surface area contributed by atoms with Crippen molar-refractivity contribution in [2.45, 2.75) is 26.8 Å². The molecular weight excluding hydrogens is 414 g/mol. The van der Waals surface area contributed by atoms with Gasteiger partial charge < -0.3 is 24.1 Å². The van der Waals surface area contributed by atoms with Gasteiger partial charge in [-0.2, -0.15) is 0 Å². The number of hydrogen-bond donors (Lipinski definition) is 2. The van der Waals surface area contributed by atoms with E-state index in [1.807, 2.05) is 0 Å². The first-order chi connectivity index (χ1) is 15.3. The van der Waals surface area contributed by atoms with E-state index in [2.05, 4.69) is 10.1 Å². The average Bonchev–Trinajstić information content (AvgIpc) is 3.43. The predicted octanol–water partition coefficient (Wildman–Crippen LogP) is 3.57. The Morgan fingerprint density at radius 1 is 1.19 bits per heavy atom. The largest absolute Gasteiger partial charge is 0.507 e. The third-order valence-electron chi connectivity index (χ3n) is 5.55. The van der Waals surface area contributed by atoms with Crippen molar-refractivity contribution in [3.63, 3.8) is 0 Å². The third-order valence-corrected chi connectivity index (χ3v) is 5.55. The monoisotopic (exact) mass is 437 g/mol. The van der Waals surface area contributed by atoms with Crippen LogP contribution in [0.5, 0.6) is 11.5 Å². The maximum atomic E-state index is 13.2. The van der Waals surface area contributed by atoms with Crippen LogP contribution in [0, 0.1) is 20.8 Å². The van der Waals surface area contributed by atoms with Gasteiger partial charge in [0.25, 0.3) is 5.78 Å². The summed E-state index contributed by atoms with van der Waals surface area (Å²) in [4.78, 5) is 30.7. The second-order valence-corrected chi connectivity index (χ2v) is 7.52. The highest BCUT2D eigenvalue weighted by Gasteiger charge is 2.49. The van der Waals surface area contributed by atoms with Crippen molar-refractivity contribution in [2.24, 2.45) is 0 Å². The molecule has 2 aromatic heterocycles. The molecule has 0 radical (unpaired) electrons. The number of methoxy groups -OCH3 is 2. The number of Topliss-reactive ketones (excluding diaryl/α,β-unsaturated/α-hetero) is 1. The number of ketones is 1. The highest BCUT2D eigenvalue weighted by atomic mass is 16.5. The number of aromatic nitrogens is 2. The minimum absolute atomic E-state index is 0.0759. The molecule has 1 atom stereocenters. The number of H-pyrrole nitrogens is 1. The number of carbonyl (C=O) groups excluding carboxylic acids is 2. The molecule has 166 valence electrons. The zero-order valence-electron chi connectivity index (χ0n) is 18.3. The fraction of sp³-hybridized carbons (Fsp3) is 0.261. The lowest BCUT2D eigenvalue weighted by molar-refractivity contribution is -0.132. The van der Waals surface area contributed by atoms with Crippen LogP contribution in [0.15, 0.2) is 40.6 Å². The van der Waals surface area contributed by atoms with Gasteiger partial charge in [-0.05, 0) is 32.4 Å². The zero-order valence-corrected chi connectivity index (χ0v) is 18.3. The van der Waals surface area contributed by atoms with Gasteiger partial charge in [-0.1, -0.05) is 17.3 Å². The molecule has 1 unspecified atom stereocenters. The summed E-state index contributed by atoms with van der Waals surface area (Å²) in [6.07, 6.45) is 1.72. The van der Waals surface area contributed by atoms with Crippen LogP contribution >= 0.6 is 0 Å². The van der Waals surface area contributed by atoms with Gasteiger partial charge in [-0.3, -0.25) is 14.5 Å². The first-order valence-corrected chi connectivity index (χ1v) is 9.90. The number of aliphatic hydroxyl groups excluding tert-OH is 1. The van der Waals surface area contributed by atoms with E-state index in [-0.39, 0.29) is 17.2 Å². The maximum Gasteiger partial charge on any atom is 0.301 e. The minimum atomic E-state index is -1.02. The molecule has 4 rings (SSSR count). The van der Waals surface area contributed by atoms with Gasteiger partial charge in [0.05, 0.1) is 19.8 Å². The SMILES string of the molecule is COc1cccc(C2/C(=C(\O)c3c(C)c[nH]c3C)C(=O)C(=O)N2c2cc(C)on2)c1OC. The van der Waals surface area contributed by atoms with Crippen molar-refractivity contribution in [1.29, 1.82) is 0 Å². The lowest BCUT2D eigenvalue weighted by Gasteiger charge is -2.25. The molecule has 1 aliphatic heterocycles. The van der Waals surface area contributed by atoms with Crippen molar-refractivity contribution in [2.75, 3.05) is 19.1 Å². The van der Waals surface area contributed by atoms with Crippen LogP contribution in [-0.2, 0) is 9.59 Å². The Morgan fingerprint density at radius 3 is 2.50 bits per heavy atom. The van der Waals surface area contributed by atoms with Gasteiger partial charge in [0.2, 0.25) is 0 Å². The number of ether oxygens (including phenoxy) is 2. The minimum Gasteiger partial charge on any atom is -0.507 e. The van der Waals surface area contributed by atoms with Crippen LogP contribution < -0.4 is 14.4 Å². The van der Waals surface area contributed by atoms with Gasteiger partial charge in [-0.15, -0.1) is 0 Å². The molecule has 0 aliphatic carbocycles. The fourth-order valence-corrected chi connectivity index (χ4v) is 4.11. The number of rotatable bonds is 5. The predicted molar refractivity (Wildman–Crippen MR) is 116 cm³/mol. The van der Waals surface area contributed by atoms with Gasteiger partial charge in [0.15, 0.2) is 17.3 Å². The van der Waals surface area contributed by atoms with Crippen LogP contribution in [0.1, 0.15) is 34.2 Å². The maximum absolute atomic E-state index is 13.2. The quantitative estimate of drug-likeness (QED) is 0.356. The van der Waals surface area contributed by atoms with E-state index in [0.29, 0.717) is 34.1 Å². The molecule has 3 heterocycles. The normalized spacial score (nSPS) is 17.8. The van der Waals surface area contributed by atoms with E-state index in [1.165, 1.54) is 19.1 Å². The number of benzene rings is 1. The Balaban J connectivity index is 2.05. The highest BCUT2D eigenvalue weighted by Crippen LogP contribution is 2.47. The molecule has 0 bridgehead atoms. The molecule has 0 saturated carbocycles. The Bertz CT molecular complexity index is 1230. The Morgan fingerprint density at radius 2 is 1.94 bits per heavy atom. The Labute approximate surface area is 184 Å². The molecule has 1 aromatic carbocycles. The molecular formula is C23H23N3O6. The number of nitrogens with one attached hydrogen (secondary N) is 1. The summed E-state index contributed by atoms with van der Waals surface area (Å²) in [7, 11) is 2.96. The molecule has 0 spiro atoms. The summed E-state index contributed by atoms with van der Waals surface area (Å²) < 4.78 is 16.1. The molecule has 1 amide bonds. The van der Waals surface area contributed by atoms with Crippen molar-refractivity contribution >= 4 is 23.3 Å². The first kappa shape index (κ1) is 21.2. The molecule has 1 saturated heterocycles. The van der Waals surface area contributed by atoms with Gasteiger partial charge in [0, 0.05) is 29.1 Å². The molecule has 2 N–H and O–H groups in total. The zero-order chi connectivity index (χ0) is 23.2. The summed E-state index contributed by atoms with van der Waals surface area (Å²) in [5.74, 6) is -0.575. The van der Waals surface area contributed by atoms with Crippen LogP contribution in [0.3, 0.4) is 0 Å². The van der Waals surface area contributed by atoms with E-state index in [9.17, 15) is 14.7 Å². The van der Waals surface area contributed by atoms with Crippen molar-refractivity contribution in [3.05, 3.63) is 64.2 Å². The molecule has 1 aliphatic rings. The summed E-state index contributed by atoms with van der Waals surface area (Å²) >= 11 is 0. The molecule has 1 fully saturated rings. The number of nitrogens with zero attached hydrogens (tertiary/aromatic N) is 2. The summed E-state index contributed by atoms with van der Waals surface area (Å²) in [6, 6.07) is 5.67. The number of carbonyl (C=O) groups is 2. The average molecular weight is 437 g/mol. The number of amides is 1. The number of hydrogen-bond acceptors (Lipinski definition) is 7. The van der Waals surface area contributed by atoms with Crippen molar-refractivity contribution in [3.8, 4) is 11.5 Å². The van der Waals surface area contributed by atoms with E-state index in [0.717, 1.165) is 5.56 Å². The first-order valence-electron chi connectivity index (χ1n) is 9.90. The third kappa shape index (κ3) is 3.13. The summed E-state index contributed by atoms with van der Waals surface area (Å²) in [6.45, 7) is 5.26. The van der Waals surface area contributed by atoms with Crippen LogP contribution in [0.4, 0.5) is 5.82 Å². The van der Waals surface area contributed by atoms with E-state index >= 15 is 0 Å². The molecule has 9 heteroatoms. The summed E-state index contributed by atoms with van der Waals surface area (Å²) in [5, 5.41) is 15.2. The molecule has 3 aromatic rings. The lowest BCUT2D eigenvalue weighted by Crippen LogP contribution is -2.30. The van der Waals surface area contributed by atoms with Crippen molar-refractivity contribution < 1.29 is 28.7 Å². The molecule has 9 nitrogen and oxygen atoms in total. The Kier molecular flexibility index (Phi) is 5.25. The smallest absolute Gasteiger partial charge is 0.301 e. The fourth-order valence-electron chi connectivity index (χ4n) is 4.11. The highest BCUT2D eigenvalue weighted by molar-refractivity contribution is 6.51. The number of aliphatic hydroxyl groups is 1. The number of aryl methyl sites for hydroxylation is 3. The van der Waals surface area contributed by atoms with Crippen LogP contribution in [0.2, 0.25) is 0 Å². The van der Waals surface area contributed by atoms with Crippen LogP contribution in [-0.4, -0.2) is 41.2 Å². The number of anilines is 1. The standard InChI is InChI=1S/C23H23N3O6/c1-11-10-24-13(3)17(11)20(27)18-19(14-7-6-8-15(30-4)22(14)31-5)26(23(29)21(18)28)16-9-12(2)32-25-16/h6-10,19,24,27H,1-5H3/b20-18+. The van der Waals surface area contributed by atoms with Gasteiger partial charge in [0.1, 0.15) is 17.6 Å². The number of aromatic amines is 1. The second-order valence-electron chi connectivity index (χ2n) is 7.52. The summed E-state index contributed by atoms with van der Waals surface area (Å²) in [5.41, 5.74) is 2.25. The Hall–Kier alpha value is -4.01. The van der Waals surface area contributed by atoms with E-state index in [1.54, 1.807) is 51.2 Å². The van der Waals surface area contributed by atoms with Gasteiger partial charge in [-0.25, -0.2) is 0 Å².